The van der Waals surface area contributed by atoms with E-state index in [0.717, 1.165) is 6.42 Å². The lowest BCUT2D eigenvalue weighted by Crippen LogP contribution is -2.08. The lowest BCUT2D eigenvalue weighted by molar-refractivity contribution is -0.111. The van der Waals surface area contributed by atoms with Gasteiger partial charge in [-0.3, -0.25) is 4.79 Å². The van der Waals surface area contributed by atoms with E-state index in [0.29, 0.717) is 41.0 Å². The van der Waals surface area contributed by atoms with Crippen molar-refractivity contribution in [1.82, 2.24) is 0 Å². The molecule has 0 fully saturated rings. The summed E-state index contributed by atoms with van der Waals surface area (Å²) in [6.45, 7) is -1.94. The van der Waals surface area contributed by atoms with Crippen LogP contribution in [-0.2, 0) is 4.79 Å². The van der Waals surface area contributed by atoms with Crippen molar-refractivity contribution in [2.45, 2.75) is 13.0 Å². The second-order valence-electron chi connectivity index (χ2n) is 5.73. The summed E-state index contributed by atoms with van der Waals surface area (Å²) >= 11 is 12.1. The molecule has 0 radical (unpaired) electrons. The van der Waals surface area contributed by atoms with Gasteiger partial charge in [0.1, 0.15) is 5.75 Å². The molecule has 148 valence electrons. The molecule has 0 saturated heterocycles. The molecule has 2 aromatic rings. The lowest BCUT2D eigenvalue weighted by Gasteiger charge is -2.10. The first kappa shape index (κ1) is 20.2. The van der Waals surface area contributed by atoms with Gasteiger partial charge in [0.15, 0.2) is 11.5 Å². The highest BCUT2D eigenvalue weighted by atomic mass is 35.5. The molecule has 0 saturated carbocycles. The number of nitrogens with one attached hydrogen (secondary N) is 1. The van der Waals surface area contributed by atoms with Crippen LogP contribution in [0.5, 0.6) is 17.2 Å². The second kappa shape index (κ2) is 9.12. The van der Waals surface area contributed by atoms with Crippen LogP contribution >= 0.6 is 23.2 Å². The zero-order valence-corrected chi connectivity index (χ0v) is 15.9. The Balaban J connectivity index is 1.68. The first-order chi connectivity index (χ1) is 13.4. The summed E-state index contributed by atoms with van der Waals surface area (Å²) in [6.07, 6.45) is 3.61. The quantitative estimate of drug-likeness (QED) is 0.645. The number of anilines is 1. The van der Waals surface area contributed by atoms with Gasteiger partial charge in [-0.05, 0) is 42.0 Å². The van der Waals surface area contributed by atoms with Gasteiger partial charge in [0, 0.05) is 18.2 Å². The maximum absolute atomic E-state index is 12.2. The first-order valence-corrected chi connectivity index (χ1v) is 9.00. The van der Waals surface area contributed by atoms with Crippen LogP contribution in [0.3, 0.4) is 0 Å². The van der Waals surface area contributed by atoms with Crippen LogP contribution in [0.25, 0.3) is 6.08 Å². The van der Waals surface area contributed by atoms with E-state index in [-0.39, 0.29) is 10.8 Å². The minimum atomic E-state index is -2.98. The van der Waals surface area contributed by atoms with Crippen LogP contribution in [0, 0.1) is 0 Å². The smallest absolute Gasteiger partial charge is 0.387 e. The number of hydrogen-bond acceptors (Lipinski definition) is 4. The van der Waals surface area contributed by atoms with Crippen molar-refractivity contribution in [3.05, 3.63) is 52.0 Å². The van der Waals surface area contributed by atoms with Gasteiger partial charge in [0.2, 0.25) is 5.91 Å². The molecule has 1 N–H and O–H groups in total. The highest BCUT2D eigenvalue weighted by Gasteiger charge is 2.15. The molecule has 2 aromatic carbocycles. The van der Waals surface area contributed by atoms with Gasteiger partial charge in [-0.15, -0.1) is 0 Å². The summed E-state index contributed by atoms with van der Waals surface area (Å²) < 4.78 is 39.9. The normalized spacial score (nSPS) is 13.5. The van der Waals surface area contributed by atoms with Gasteiger partial charge < -0.3 is 19.5 Å². The molecule has 28 heavy (non-hydrogen) atoms. The SMILES string of the molecule is O=C(/C=C/c1cc(Cl)c2c(c1)OCCCO2)Nc1ccc(OC(F)F)c(Cl)c1. The fourth-order valence-electron chi connectivity index (χ4n) is 2.47. The number of amides is 1. The van der Waals surface area contributed by atoms with Crippen LogP contribution < -0.4 is 19.5 Å². The van der Waals surface area contributed by atoms with Crippen molar-refractivity contribution in [2.75, 3.05) is 18.5 Å². The van der Waals surface area contributed by atoms with Crippen molar-refractivity contribution >= 4 is 40.9 Å². The van der Waals surface area contributed by atoms with Crippen molar-refractivity contribution < 1.29 is 27.8 Å². The van der Waals surface area contributed by atoms with E-state index in [9.17, 15) is 13.6 Å². The topological polar surface area (TPSA) is 56.8 Å². The molecular formula is C19H15Cl2F2NO4. The number of fused-ring (bicyclic) bond motifs is 1. The number of rotatable bonds is 5. The Labute approximate surface area is 169 Å². The molecule has 9 heteroatoms. The molecule has 1 amide bonds. The van der Waals surface area contributed by atoms with E-state index in [2.05, 4.69) is 10.1 Å². The number of carbonyl (C=O) groups is 1. The molecule has 0 atom stereocenters. The molecular weight excluding hydrogens is 415 g/mol. The molecule has 1 heterocycles. The molecule has 0 aliphatic carbocycles. The predicted molar refractivity (Wildman–Crippen MR) is 103 cm³/mol. The highest BCUT2D eigenvalue weighted by molar-refractivity contribution is 6.32. The molecule has 0 aromatic heterocycles. The lowest BCUT2D eigenvalue weighted by atomic mass is 10.2. The van der Waals surface area contributed by atoms with Gasteiger partial charge in [0.25, 0.3) is 0 Å². The largest absolute Gasteiger partial charge is 0.489 e. The summed E-state index contributed by atoms with van der Waals surface area (Å²) in [5.74, 6) is 0.391. The maximum Gasteiger partial charge on any atom is 0.387 e. The maximum atomic E-state index is 12.2. The third-order valence-electron chi connectivity index (χ3n) is 3.67. The Morgan fingerprint density at radius 2 is 1.93 bits per heavy atom. The number of ether oxygens (including phenoxy) is 3. The fraction of sp³-hybridized carbons (Fsp3) is 0.211. The molecule has 0 unspecified atom stereocenters. The monoisotopic (exact) mass is 429 g/mol. The summed E-state index contributed by atoms with van der Waals surface area (Å²) in [5.41, 5.74) is 0.987. The van der Waals surface area contributed by atoms with Crippen molar-refractivity contribution in [1.29, 1.82) is 0 Å². The highest BCUT2D eigenvalue weighted by Crippen LogP contribution is 2.38. The van der Waals surface area contributed by atoms with E-state index < -0.39 is 12.5 Å². The van der Waals surface area contributed by atoms with E-state index in [1.54, 1.807) is 18.2 Å². The molecule has 1 aliphatic heterocycles. The Kier molecular flexibility index (Phi) is 6.59. The molecule has 5 nitrogen and oxygen atoms in total. The van der Waals surface area contributed by atoms with Crippen LogP contribution in [0.1, 0.15) is 12.0 Å². The summed E-state index contributed by atoms with van der Waals surface area (Å²) in [4.78, 5) is 12.1. The van der Waals surface area contributed by atoms with Crippen LogP contribution in [-0.4, -0.2) is 25.7 Å². The number of carbonyl (C=O) groups excluding carboxylic acids is 1. The van der Waals surface area contributed by atoms with Gasteiger partial charge in [-0.2, -0.15) is 8.78 Å². The van der Waals surface area contributed by atoms with E-state index >= 15 is 0 Å². The van der Waals surface area contributed by atoms with Crippen molar-refractivity contribution in [3.8, 4) is 17.2 Å². The summed E-state index contributed by atoms with van der Waals surface area (Å²) in [5, 5.41) is 2.92. The third kappa shape index (κ3) is 5.27. The number of alkyl halides is 2. The molecule has 0 bridgehead atoms. The predicted octanol–water partition coefficient (Wildman–Crippen LogP) is 5.41. The molecule has 0 spiro atoms. The minimum absolute atomic E-state index is 0.0447. The average Bonchev–Trinajstić information content (AvgIpc) is 2.88. The Bertz CT molecular complexity index is 906. The van der Waals surface area contributed by atoms with Crippen molar-refractivity contribution in [2.24, 2.45) is 0 Å². The molecule has 1 aliphatic rings. The van der Waals surface area contributed by atoms with Gasteiger partial charge >= 0.3 is 6.61 Å². The van der Waals surface area contributed by atoms with E-state index in [1.807, 2.05) is 0 Å². The Morgan fingerprint density at radius 1 is 1.14 bits per heavy atom. The Hall–Kier alpha value is -2.51. The van der Waals surface area contributed by atoms with Crippen LogP contribution in [0.4, 0.5) is 14.5 Å². The Morgan fingerprint density at radius 3 is 2.68 bits per heavy atom. The summed E-state index contributed by atoms with van der Waals surface area (Å²) in [7, 11) is 0. The zero-order valence-electron chi connectivity index (χ0n) is 14.4. The third-order valence-corrected chi connectivity index (χ3v) is 4.24. The standard InChI is InChI=1S/C19H15Cl2F2NO4/c20-13-10-12(3-4-15(13)28-19(22)23)24-17(25)5-2-11-8-14(21)18-16(9-11)26-6-1-7-27-18/h2-5,8-10,19H,1,6-7H2,(H,24,25)/b5-2+. The van der Waals surface area contributed by atoms with Gasteiger partial charge in [-0.25, -0.2) is 0 Å². The first-order valence-electron chi connectivity index (χ1n) is 8.25. The van der Waals surface area contributed by atoms with Crippen molar-refractivity contribution in [3.63, 3.8) is 0 Å². The number of hydrogen-bond donors (Lipinski definition) is 1. The summed E-state index contributed by atoms with van der Waals surface area (Å²) in [6, 6.07) is 7.35. The minimum Gasteiger partial charge on any atom is -0.489 e. The van der Waals surface area contributed by atoms with Crippen LogP contribution in [0.2, 0.25) is 10.0 Å². The van der Waals surface area contributed by atoms with E-state index in [1.165, 1.54) is 24.3 Å². The van der Waals surface area contributed by atoms with Crippen LogP contribution in [0.15, 0.2) is 36.4 Å². The number of halogens is 4. The second-order valence-corrected chi connectivity index (χ2v) is 6.54. The van der Waals surface area contributed by atoms with E-state index in [4.69, 9.17) is 32.7 Å². The average molecular weight is 430 g/mol. The number of benzene rings is 2. The zero-order chi connectivity index (χ0) is 20.1. The fourth-order valence-corrected chi connectivity index (χ4v) is 2.97. The van der Waals surface area contributed by atoms with Gasteiger partial charge in [-0.1, -0.05) is 23.2 Å². The van der Waals surface area contributed by atoms with Gasteiger partial charge in [0.05, 0.1) is 23.3 Å². The molecule has 3 rings (SSSR count).